The summed E-state index contributed by atoms with van der Waals surface area (Å²) in [6.45, 7) is 5.57. The number of nitrogens with one attached hydrogen (secondary N) is 2. The fourth-order valence-electron chi connectivity index (χ4n) is 1.77. The topological polar surface area (TPSA) is 104 Å². The minimum absolute atomic E-state index is 0. The number of benzene rings is 1. The van der Waals surface area contributed by atoms with Crippen LogP contribution in [0.2, 0.25) is 0 Å². The second kappa shape index (κ2) is 10.2. The fourth-order valence-corrected chi connectivity index (χ4v) is 1.77. The number of carbonyl (C=O) groups is 2. The molecule has 1 unspecified atom stereocenters. The highest BCUT2D eigenvalue weighted by Gasteiger charge is 2.17. The summed E-state index contributed by atoms with van der Waals surface area (Å²) >= 11 is 0. The van der Waals surface area contributed by atoms with Gasteiger partial charge in [0.2, 0.25) is 11.8 Å². The van der Waals surface area contributed by atoms with E-state index < -0.39 is 12.1 Å². The molecule has 6 nitrogen and oxygen atoms in total. The molecule has 0 bridgehead atoms. The van der Waals surface area contributed by atoms with E-state index in [0.717, 1.165) is 11.1 Å². The second-order valence-electron chi connectivity index (χ2n) is 5.72. The number of aliphatic hydroxyl groups excluding tert-OH is 1. The molecule has 0 aliphatic heterocycles. The van der Waals surface area contributed by atoms with Gasteiger partial charge in [-0.1, -0.05) is 43.7 Å². The van der Waals surface area contributed by atoms with Gasteiger partial charge < -0.3 is 21.5 Å². The highest BCUT2D eigenvalue weighted by atomic mass is 35.5. The third-order valence-corrected chi connectivity index (χ3v) is 3.40. The first-order chi connectivity index (χ1) is 10.3. The molecule has 0 saturated heterocycles. The first kappa shape index (κ1) is 21.4. The van der Waals surface area contributed by atoms with Crippen LogP contribution in [-0.4, -0.2) is 36.1 Å². The van der Waals surface area contributed by atoms with Crippen LogP contribution in [0.15, 0.2) is 24.3 Å². The predicted molar refractivity (Wildman–Crippen MR) is 92.2 cm³/mol. The molecule has 7 heteroatoms. The van der Waals surface area contributed by atoms with Gasteiger partial charge in [0, 0.05) is 6.54 Å². The monoisotopic (exact) mass is 343 g/mol. The number of halogens is 1. The summed E-state index contributed by atoms with van der Waals surface area (Å²) in [6.07, 6.45) is -0.779. The first-order valence-electron chi connectivity index (χ1n) is 7.36. The smallest absolute Gasteiger partial charge is 0.239 e. The maximum atomic E-state index is 11.7. The van der Waals surface area contributed by atoms with E-state index in [-0.39, 0.29) is 43.2 Å². The van der Waals surface area contributed by atoms with E-state index in [1.165, 1.54) is 0 Å². The van der Waals surface area contributed by atoms with Crippen LogP contribution in [0.5, 0.6) is 0 Å². The van der Waals surface area contributed by atoms with Gasteiger partial charge in [-0.3, -0.25) is 9.59 Å². The number of carbonyl (C=O) groups excluding carboxylic acids is 2. The minimum Gasteiger partial charge on any atom is -0.387 e. The van der Waals surface area contributed by atoms with Crippen molar-refractivity contribution in [3.63, 3.8) is 0 Å². The first-order valence-corrected chi connectivity index (χ1v) is 7.36. The van der Waals surface area contributed by atoms with Gasteiger partial charge in [-0.05, 0) is 18.4 Å². The van der Waals surface area contributed by atoms with Gasteiger partial charge >= 0.3 is 0 Å². The molecule has 2 atom stereocenters. The molecular weight excluding hydrogens is 318 g/mol. The molecule has 1 aromatic carbocycles. The van der Waals surface area contributed by atoms with Crippen LogP contribution in [0, 0.1) is 12.8 Å². The molecule has 0 aliphatic rings. The van der Waals surface area contributed by atoms with E-state index in [9.17, 15) is 14.7 Å². The molecule has 0 heterocycles. The van der Waals surface area contributed by atoms with Gasteiger partial charge in [-0.15, -0.1) is 12.4 Å². The lowest BCUT2D eigenvalue weighted by molar-refractivity contribution is -0.127. The van der Waals surface area contributed by atoms with Crippen molar-refractivity contribution in [2.45, 2.75) is 32.9 Å². The summed E-state index contributed by atoms with van der Waals surface area (Å²) in [6, 6.07) is 6.79. The molecule has 0 spiro atoms. The third kappa shape index (κ3) is 7.45. The molecular formula is C16H26ClN3O3. The molecule has 130 valence electrons. The summed E-state index contributed by atoms with van der Waals surface area (Å²) in [5, 5.41) is 15.0. The van der Waals surface area contributed by atoms with Crippen molar-refractivity contribution >= 4 is 24.2 Å². The Morgan fingerprint density at radius 2 is 1.74 bits per heavy atom. The Balaban J connectivity index is 0.00000484. The van der Waals surface area contributed by atoms with E-state index in [1.54, 1.807) is 0 Å². The number of aryl methyl sites for hydroxylation is 1. The Bertz CT molecular complexity index is 506. The predicted octanol–water partition coefficient (Wildman–Crippen LogP) is 0.666. The van der Waals surface area contributed by atoms with E-state index >= 15 is 0 Å². The van der Waals surface area contributed by atoms with Crippen LogP contribution in [0.25, 0.3) is 0 Å². The van der Waals surface area contributed by atoms with Crippen LogP contribution >= 0.6 is 12.4 Å². The van der Waals surface area contributed by atoms with Gasteiger partial charge in [-0.25, -0.2) is 0 Å². The molecule has 1 aromatic rings. The lowest BCUT2D eigenvalue weighted by atomic mass is 10.1. The summed E-state index contributed by atoms with van der Waals surface area (Å²) in [7, 11) is 0. The SMILES string of the molecule is Cc1ccc(C(O)CNC(=O)CNC(=O)[C@@H](N)C(C)C)cc1.Cl. The number of rotatable bonds is 7. The Morgan fingerprint density at radius 3 is 2.26 bits per heavy atom. The Hall–Kier alpha value is -1.63. The summed E-state index contributed by atoms with van der Waals surface area (Å²) in [5.74, 6) is -0.717. The number of nitrogens with two attached hydrogens (primary N) is 1. The summed E-state index contributed by atoms with van der Waals surface area (Å²) < 4.78 is 0. The maximum absolute atomic E-state index is 11.7. The van der Waals surface area contributed by atoms with E-state index in [1.807, 2.05) is 45.0 Å². The quantitative estimate of drug-likeness (QED) is 0.584. The Kier molecular flexibility index (Phi) is 9.48. The Morgan fingerprint density at radius 1 is 1.17 bits per heavy atom. The molecule has 2 amide bonds. The van der Waals surface area contributed by atoms with Crippen LogP contribution in [0.4, 0.5) is 0 Å². The second-order valence-corrected chi connectivity index (χ2v) is 5.72. The molecule has 5 N–H and O–H groups in total. The molecule has 0 aromatic heterocycles. The third-order valence-electron chi connectivity index (χ3n) is 3.40. The highest BCUT2D eigenvalue weighted by molar-refractivity contribution is 5.87. The molecule has 0 fully saturated rings. The molecule has 1 rings (SSSR count). The molecule has 23 heavy (non-hydrogen) atoms. The van der Waals surface area contributed by atoms with Crippen LogP contribution in [0.1, 0.15) is 31.1 Å². The summed E-state index contributed by atoms with van der Waals surface area (Å²) in [4.78, 5) is 23.3. The fraction of sp³-hybridized carbons (Fsp3) is 0.500. The standard InChI is InChI=1S/C16H25N3O3.ClH/c1-10(2)15(17)16(22)19-9-14(21)18-8-13(20)12-6-4-11(3)5-7-12;/h4-7,10,13,15,20H,8-9,17H2,1-3H3,(H,18,21)(H,19,22);1H/t13?,15-;/m0./s1. The number of amides is 2. The molecule has 0 aliphatic carbocycles. The average Bonchev–Trinajstić information content (AvgIpc) is 2.49. The van der Waals surface area contributed by atoms with Gasteiger partial charge in [-0.2, -0.15) is 0 Å². The van der Waals surface area contributed by atoms with Gasteiger partial charge in [0.25, 0.3) is 0 Å². The normalized spacial score (nSPS) is 13.0. The zero-order valence-corrected chi connectivity index (χ0v) is 14.5. The highest BCUT2D eigenvalue weighted by Crippen LogP contribution is 2.12. The van der Waals surface area contributed by atoms with Gasteiger partial charge in [0.1, 0.15) is 0 Å². The zero-order chi connectivity index (χ0) is 16.7. The minimum atomic E-state index is -0.779. The van der Waals surface area contributed by atoms with E-state index in [4.69, 9.17) is 5.73 Å². The van der Waals surface area contributed by atoms with Crippen LogP contribution in [0.3, 0.4) is 0 Å². The zero-order valence-electron chi connectivity index (χ0n) is 13.7. The van der Waals surface area contributed by atoms with Crippen molar-refractivity contribution in [3.8, 4) is 0 Å². The molecule has 0 saturated carbocycles. The van der Waals surface area contributed by atoms with E-state index in [0.29, 0.717) is 0 Å². The maximum Gasteiger partial charge on any atom is 0.239 e. The number of hydrogen-bond donors (Lipinski definition) is 4. The number of aliphatic hydroxyl groups is 1. The van der Waals surface area contributed by atoms with Crippen molar-refractivity contribution in [3.05, 3.63) is 35.4 Å². The van der Waals surface area contributed by atoms with Gasteiger partial charge in [0.15, 0.2) is 0 Å². The van der Waals surface area contributed by atoms with Crippen LogP contribution in [-0.2, 0) is 9.59 Å². The Labute approximate surface area is 143 Å². The lowest BCUT2D eigenvalue weighted by Crippen LogP contribution is -2.47. The van der Waals surface area contributed by atoms with Crippen molar-refractivity contribution in [1.82, 2.24) is 10.6 Å². The summed E-state index contributed by atoms with van der Waals surface area (Å²) in [5.41, 5.74) is 7.51. The van der Waals surface area contributed by atoms with Crippen molar-refractivity contribution in [2.75, 3.05) is 13.1 Å². The molecule has 0 radical (unpaired) electrons. The van der Waals surface area contributed by atoms with Gasteiger partial charge in [0.05, 0.1) is 18.7 Å². The van der Waals surface area contributed by atoms with Crippen molar-refractivity contribution < 1.29 is 14.7 Å². The largest absolute Gasteiger partial charge is 0.387 e. The van der Waals surface area contributed by atoms with E-state index in [2.05, 4.69) is 10.6 Å². The van der Waals surface area contributed by atoms with Crippen molar-refractivity contribution in [1.29, 1.82) is 0 Å². The average molecular weight is 344 g/mol. The van der Waals surface area contributed by atoms with Crippen LogP contribution < -0.4 is 16.4 Å². The van der Waals surface area contributed by atoms with Crippen molar-refractivity contribution in [2.24, 2.45) is 11.7 Å². The number of hydrogen-bond acceptors (Lipinski definition) is 4. The lowest BCUT2D eigenvalue weighted by Gasteiger charge is -2.16.